The largest absolute Gasteiger partial charge is 0.357 e. The van der Waals surface area contributed by atoms with Crippen LogP contribution in [-0.2, 0) is 4.74 Å². The lowest BCUT2D eigenvalue weighted by Crippen LogP contribution is -2.35. The number of hydrogen-bond acceptors (Lipinski definition) is 2. The summed E-state index contributed by atoms with van der Waals surface area (Å²) in [5.41, 5.74) is 0.968. The first-order chi connectivity index (χ1) is 6.57. The molecule has 4 heteroatoms. The van der Waals surface area contributed by atoms with Gasteiger partial charge in [-0.15, -0.1) is 12.4 Å². The standard InChI is InChI=1S/C11H14FNO.ClH/c1-11(2)7-14-10(13-11)8-3-5-9(12)6-4-8;/h3-6,10,13H,7H2,1-2H3;1H. The minimum absolute atomic E-state index is 0. The van der Waals surface area contributed by atoms with Crippen LogP contribution in [-0.4, -0.2) is 12.1 Å². The van der Waals surface area contributed by atoms with E-state index in [-0.39, 0.29) is 30.0 Å². The molecule has 1 fully saturated rings. The molecule has 15 heavy (non-hydrogen) atoms. The molecule has 0 aromatic heterocycles. The third-order valence-corrected chi connectivity index (χ3v) is 2.31. The Morgan fingerprint density at radius 2 is 1.93 bits per heavy atom. The lowest BCUT2D eigenvalue weighted by molar-refractivity contribution is 0.0988. The number of rotatable bonds is 1. The predicted octanol–water partition coefficient (Wildman–Crippen LogP) is 2.64. The molecule has 1 heterocycles. The maximum absolute atomic E-state index is 12.7. The molecule has 0 saturated carbocycles. The van der Waals surface area contributed by atoms with Crippen molar-refractivity contribution in [3.63, 3.8) is 0 Å². The van der Waals surface area contributed by atoms with Gasteiger partial charge < -0.3 is 4.74 Å². The maximum atomic E-state index is 12.7. The van der Waals surface area contributed by atoms with E-state index in [0.717, 1.165) is 5.56 Å². The van der Waals surface area contributed by atoms with Gasteiger partial charge in [0, 0.05) is 5.54 Å². The number of benzene rings is 1. The second kappa shape index (κ2) is 4.47. The maximum Gasteiger partial charge on any atom is 0.134 e. The highest BCUT2D eigenvalue weighted by atomic mass is 35.5. The van der Waals surface area contributed by atoms with E-state index in [4.69, 9.17) is 4.74 Å². The molecule has 0 bridgehead atoms. The molecule has 1 aliphatic heterocycles. The Kier molecular flexibility index (Phi) is 3.71. The molecule has 0 radical (unpaired) electrons. The topological polar surface area (TPSA) is 21.3 Å². The van der Waals surface area contributed by atoms with Crippen LogP contribution in [0, 0.1) is 5.82 Å². The minimum atomic E-state index is -0.217. The molecule has 1 unspecified atom stereocenters. The molecule has 1 aromatic rings. The summed E-state index contributed by atoms with van der Waals surface area (Å²) in [7, 11) is 0. The first-order valence-electron chi connectivity index (χ1n) is 4.72. The SMILES string of the molecule is CC1(C)COC(c2ccc(F)cc2)N1.Cl. The number of halogens is 2. The molecule has 0 spiro atoms. The predicted molar refractivity (Wildman–Crippen MR) is 59.6 cm³/mol. The quantitative estimate of drug-likeness (QED) is 0.803. The van der Waals surface area contributed by atoms with Gasteiger partial charge in [0.05, 0.1) is 6.61 Å². The van der Waals surface area contributed by atoms with E-state index in [0.29, 0.717) is 6.61 Å². The molecular weight excluding hydrogens is 217 g/mol. The van der Waals surface area contributed by atoms with E-state index in [2.05, 4.69) is 19.2 Å². The minimum Gasteiger partial charge on any atom is -0.357 e. The van der Waals surface area contributed by atoms with Crippen molar-refractivity contribution in [1.82, 2.24) is 5.32 Å². The lowest BCUT2D eigenvalue weighted by Gasteiger charge is -2.17. The Morgan fingerprint density at radius 3 is 2.40 bits per heavy atom. The van der Waals surface area contributed by atoms with Gasteiger partial charge in [-0.25, -0.2) is 4.39 Å². The Balaban J connectivity index is 0.00000112. The molecule has 0 amide bonds. The smallest absolute Gasteiger partial charge is 0.134 e. The molecule has 1 aliphatic rings. The van der Waals surface area contributed by atoms with Crippen molar-refractivity contribution in [1.29, 1.82) is 0 Å². The molecule has 1 aromatic carbocycles. The number of ether oxygens (including phenoxy) is 1. The Labute approximate surface area is 95.2 Å². The van der Waals surface area contributed by atoms with Gasteiger partial charge in [0.15, 0.2) is 0 Å². The molecule has 84 valence electrons. The molecule has 2 rings (SSSR count). The van der Waals surface area contributed by atoms with Crippen LogP contribution in [0.2, 0.25) is 0 Å². The van der Waals surface area contributed by atoms with E-state index in [1.807, 2.05) is 0 Å². The summed E-state index contributed by atoms with van der Waals surface area (Å²) >= 11 is 0. The summed E-state index contributed by atoms with van der Waals surface area (Å²) in [6, 6.07) is 6.39. The third-order valence-electron chi connectivity index (χ3n) is 2.31. The van der Waals surface area contributed by atoms with E-state index in [9.17, 15) is 4.39 Å². The zero-order valence-corrected chi connectivity index (χ0v) is 9.60. The van der Waals surface area contributed by atoms with Gasteiger partial charge in [-0.3, -0.25) is 5.32 Å². The van der Waals surface area contributed by atoms with Crippen LogP contribution in [0.3, 0.4) is 0 Å². The molecule has 1 N–H and O–H groups in total. The van der Waals surface area contributed by atoms with Crippen molar-refractivity contribution in [2.45, 2.75) is 25.6 Å². The molecule has 0 aliphatic carbocycles. The monoisotopic (exact) mass is 231 g/mol. The van der Waals surface area contributed by atoms with Crippen LogP contribution in [0.5, 0.6) is 0 Å². The summed E-state index contributed by atoms with van der Waals surface area (Å²) in [5, 5.41) is 3.32. The van der Waals surface area contributed by atoms with Gasteiger partial charge >= 0.3 is 0 Å². The second-order valence-electron chi connectivity index (χ2n) is 4.27. The Hall–Kier alpha value is -0.640. The molecule has 1 atom stereocenters. The molecular formula is C11H15ClFNO. The van der Waals surface area contributed by atoms with Crippen molar-refractivity contribution in [2.24, 2.45) is 0 Å². The van der Waals surface area contributed by atoms with E-state index in [1.54, 1.807) is 12.1 Å². The second-order valence-corrected chi connectivity index (χ2v) is 4.27. The Morgan fingerprint density at radius 1 is 1.33 bits per heavy atom. The van der Waals surface area contributed by atoms with Gasteiger partial charge in [0.2, 0.25) is 0 Å². The van der Waals surface area contributed by atoms with E-state index in [1.165, 1.54) is 12.1 Å². The van der Waals surface area contributed by atoms with Crippen molar-refractivity contribution >= 4 is 12.4 Å². The number of nitrogens with one attached hydrogen (secondary N) is 1. The summed E-state index contributed by atoms with van der Waals surface area (Å²) in [5.74, 6) is -0.217. The van der Waals surface area contributed by atoms with Crippen LogP contribution >= 0.6 is 12.4 Å². The molecule has 2 nitrogen and oxygen atoms in total. The van der Waals surface area contributed by atoms with Crippen molar-refractivity contribution in [3.8, 4) is 0 Å². The fraction of sp³-hybridized carbons (Fsp3) is 0.455. The van der Waals surface area contributed by atoms with Crippen LogP contribution in [0.25, 0.3) is 0 Å². The average Bonchev–Trinajstić information content (AvgIpc) is 2.47. The van der Waals surface area contributed by atoms with Crippen molar-refractivity contribution < 1.29 is 9.13 Å². The van der Waals surface area contributed by atoms with Crippen LogP contribution < -0.4 is 5.32 Å². The van der Waals surface area contributed by atoms with Crippen LogP contribution in [0.4, 0.5) is 4.39 Å². The van der Waals surface area contributed by atoms with E-state index < -0.39 is 0 Å². The number of hydrogen-bond donors (Lipinski definition) is 1. The van der Waals surface area contributed by atoms with Crippen molar-refractivity contribution in [3.05, 3.63) is 35.6 Å². The normalized spacial score (nSPS) is 23.5. The van der Waals surface area contributed by atoms with Gasteiger partial charge in [-0.1, -0.05) is 12.1 Å². The highest BCUT2D eigenvalue weighted by molar-refractivity contribution is 5.85. The van der Waals surface area contributed by atoms with E-state index >= 15 is 0 Å². The first kappa shape index (κ1) is 12.4. The summed E-state index contributed by atoms with van der Waals surface area (Å²) < 4.78 is 18.2. The summed E-state index contributed by atoms with van der Waals surface area (Å²) in [4.78, 5) is 0. The Bertz CT molecular complexity index is 326. The fourth-order valence-corrected chi connectivity index (χ4v) is 1.55. The van der Waals surface area contributed by atoms with Gasteiger partial charge in [0.25, 0.3) is 0 Å². The van der Waals surface area contributed by atoms with Crippen molar-refractivity contribution in [2.75, 3.05) is 6.61 Å². The zero-order chi connectivity index (χ0) is 10.2. The average molecular weight is 232 g/mol. The lowest BCUT2D eigenvalue weighted by atomic mass is 10.1. The summed E-state index contributed by atoms with van der Waals surface area (Å²) in [6.45, 7) is 4.84. The molecule has 1 saturated heterocycles. The van der Waals surface area contributed by atoms with Crippen LogP contribution in [0.1, 0.15) is 25.6 Å². The van der Waals surface area contributed by atoms with Gasteiger partial charge in [0.1, 0.15) is 12.0 Å². The summed E-state index contributed by atoms with van der Waals surface area (Å²) in [6.07, 6.45) is -0.106. The highest BCUT2D eigenvalue weighted by Crippen LogP contribution is 2.25. The zero-order valence-electron chi connectivity index (χ0n) is 8.79. The highest BCUT2D eigenvalue weighted by Gasteiger charge is 2.31. The van der Waals surface area contributed by atoms with Gasteiger partial charge in [-0.2, -0.15) is 0 Å². The fourth-order valence-electron chi connectivity index (χ4n) is 1.55. The first-order valence-corrected chi connectivity index (χ1v) is 4.72. The van der Waals surface area contributed by atoms with Gasteiger partial charge in [-0.05, 0) is 31.5 Å². The van der Waals surface area contributed by atoms with Crippen LogP contribution in [0.15, 0.2) is 24.3 Å². The third kappa shape index (κ3) is 2.91.